The maximum Gasteiger partial charge on any atom is 0.207 e. The lowest BCUT2D eigenvalue weighted by molar-refractivity contribution is 1.08. The average Bonchev–Trinajstić information content (AvgIpc) is 2.45. The van der Waals surface area contributed by atoms with E-state index in [1.165, 1.54) is 6.33 Å². The van der Waals surface area contributed by atoms with Gasteiger partial charge >= 0.3 is 0 Å². The zero-order valence-corrected chi connectivity index (χ0v) is 6.98. The highest BCUT2D eigenvalue weighted by molar-refractivity contribution is 9.10. The highest BCUT2D eigenvalue weighted by Crippen LogP contribution is 2.15. The molecule has 0 radical (unpaired) electrons. The summed E-state index contributed by atoms with van der Waals surface area (Å²) < 4.78 is 2.38. The second kappa shape index (κ2) is 2.16. The molecule has 5 nitrogen and oxygen atoms in total. The maximum absolute atomic E-state index is 5.52. The van der Waals surface area contributed by atoms with E-state index in [9.17, 15) is 0 Å². The van der Waals surface area contributed by atoms with E-state index in [0.29, 0.717) is 11.6 Å². The van der Waals surface area contributed by atoms with E-state index in [1.807, 2.05) is 0 Å². The first-order valence-corrected chi connectivity index (χ1v) is 3.68. The standard InChI is InChI=1S/C5H4BrN5/c6-3-1-8-5(7)11-2-9-10-4(3)11/h1-2H,(H2,7,8). The van der Waals surface area contributed by atoms with Crippen molar-refractivity contribution in [3.05, 3.63) is 17.0 Å². The SMILES string of the molecule is Nc1ncc(Br)c2nncn12. The van der Waals surface area contributed by atoms with Crippen LogP contribution in [-0.4, -0.2) is 19.6 Å². The van der Waals surface area contributed by atoms with Crippen LogP contribution in [-0.2, 0) is 0 Å². The summed E-state index contributed by atoms with van der Waals surface area (Å²) in [6, 6.07) is 0. The first kappa shape index (κ1) is 6.53. The van der Waals surface area contributed by atoms with Gasteiger partial charge in [0.15, 0.2) is 5.65 Å². The second-order valence-corrected chi connectivity index (χ2v) is 2.84. The number of anilines is 1. The number of hydrogen-bond donors (Lipinski definition) is 1. The molecule has 0 atom stereocenters. The van der Waals surface area contributed by atoms with E-state index in [-0.39, 0.29) is 0 Å². The first-order chi connectivity index (χ1) is 5.29. The van der Waals surface area contributed by atoms with Gasteiger partial charge in [-0.15, -0.1) is 10.2 Å². The molecule has 2 rings (SSSR count). The summed E-state index contributed by atoms with van der Waals surface area (Å²) in [7, 11) is 0. The summed E-state index contributed by atoms with van der Waals surface area (Å²) >= 11 is 3.27. The Morgan fingerprint density at radius 3 is 3.09 bits per heavy atom. The molecular weight excluding hydrogens is 210 g/mol. The maximum atomic E-state index is 5.52. The number of nitrogen functional groups attached to an aromatic ring is 1. The topological polar surface area (TPSA) is 69.1 Å². The minimum atomic E-state index is 0.383. The largest absolute Gasteiger partial charge is 0.369 e. The molecule has 2 aromatic rings. The van der Waals surface area contributed by atoms with Crippen molar-refractivity contribution in [2.75, 3.05) is 5.73 Å². The molecule has 56 valence electrons. The van der Waals surface area contributed by atoms with Gasteiger partial charge in [0, 0.05) is 6.20 Å². The third-order valence-electron chi connectivity index (χ3n) is 1.32. The number of nitrogens with zero attached hydrogens (tertiary/aromatic N) is 4. The summed E-state index contributed by atoms with van der Waals surface area (Å²) in [5.41, 5.74) is 6.20. The Kier molecular flexibility index (Phi) is 1.28. The lowest BCUT2D eigenvalue weighted by atomic mass is 10.6. The lowest BCUT2D eigenvalue weighted by Crippen LogP contribution is -1.98. The molecule has 2 N–H and O–H groups in total. The predicted octanol–water partition coefficient (Wildman–Crippen LogP) is 0.469. The zero-order chi connectivity index (χ0) is 7.84. The van der Waals surface area contributed by atoms with Crippen LogP contribution in [0, 0.1) is 0 Å². The molecule has 6 heteroatoms. The molecule has 0 aliphatic heterocycles. The number of aromatic nitrogens is 4. The number of halogens is 1. The zero-order valence-electron chi connectivity index (χ0n) is 5.40. The van der Waals surface area contributed by atoms with Gasteiger partial charge in [0.05, 0.1) is 4.47 Å². The van der Waals surface area contributed by atoms with Crippen molar-refractivity contribution >= 4 is 27.5 Å². The number of nitrogens with two attached hydrogens (primary N) is 1. The van der Waals surface area contributed by atoms with Gasteiger partial charge in [-0.2, -0.15) is 0 Å². The Hall–Kier alpha value is -1.17. The van der Waals surface area contributed by atoms with Gasteiger partial charge in [-0.25, -0.2) is 4.98 Å². The van der Waals surface area contributed by atoms with Crippen LogP contribution in [0.2, 0.25) is 0 Å². The van der Waals surface area contributed by atoms with Gasteiger partial charge in [-0.1, -0.05) is 0 Å². The van der Waals surface area contributed by atoms with Gasteiger partial charge < -0.3 is 5.73 Å². The Morgan fingerprint density at radius 1 is 1.55 bits per heavy atom. The van der Waals surface area contributed by atoms with E-state index in [0.717, 1.165) is 4.47 Å². The molecule has 0 aromatic carbocycles. The normalized spacial score (nSPS) is 10.6. The van der Waals surface area contributed by atoms with Crippen LogP contribution in [0.4, 0.5) is 5.95 Å². The third kappa shape index (κ3) is 0.864. The molecule has 0 saturated heterocycles. The highest BCUT2D eigenvalue weighted by atomic mass is 79.9. The van der Waals surface area contributed by atoms with Gasteiger partial charge in [-0.05, 0) is 15.9 Å². The average molecular weight is 214 g/mol. The molecule has 0 aliphatic rings. The molecule has 0 amide bonds. The van der Waals surface area contributed by atoms with E-state index in [2.05, 4.69) is 31.1 Å². The fourth-order valence-corrected chi connectivity index (χ4v) is 1.18. The molecule has 2 aromatic heterocycles. The van der Waals surface area contributed by atoms with Crippen LogP contribution in [0.15, 0.2) is 17.0 Å². The summed E-state index contributed by atoms with van der Waals surface area (Å²) in [5, 5.41) is 7.51. The summed E-state index contributed by atoms with van der Waals surface area (Å²) in [6.45, 7) is 0. The Morgan fingerprint density at radius 2 is 2.36 bits per heavy atom. The van der Waals surface area contributed by atoms with Crippen LogP contribution in [0.5, 0.6) is 0 Å². The van der Waals surface area contributed by atoms with Gasteiger partial charge in [0.25, 0.3) is 0 Å². The highest BCUT2D eigenvalue weighted by Gasteiger charge is 2.02. The fraction of sp³-hybridized carbons (Fsp3) is 0. The molecule has 0 bridgehead atoms. The van der Waals surface area contributed by atoms with Crippen molar-refractivity contribution in [2.24, 2.45) is 0 Å². The van der Waals surface area contributed by atoms with Crippen LogP contribution in [0.1, 0.15) is 0 Å². The van der Waals surface area contributed by atoms with E-state index in [4.69, 9.17) is 5.73 Å². The summed E-state index contributed by atoms with van der Waals surface area (Å²) in [6.07, 6.45) is 3.11. The smallest absolute Gasteiger partial charge is 0.207 e. The number of rotatable bonds is 0. The molecule has 0 spiro atoms. The van der Waals surface area contributed by atoms with Crippen molar-refractivity contribution in [1.82, 2.24) is 19.6 Å². The van der Waals surface area contributed by atoms with E-state index >= 15 is 0 Å². The molecule has 0 fully saturated rings. The Labute approximate surface area is 70.4 Å². The minimum Gasteiger partial charge on any atom is -0.369 e. The van der Waals surface area contributed by atoms with Crippen LogP contribution in [0.3, 0.4) is 0 Å². The summed E-state index contributed by atoms with van der Waals surface area (Å²) in [5.74, 6) is 0.383. The lowest BCUT2D eigenvalue weighted by Gasteiger charge is -1.96. The molecule has 0 unspecified atom stereocenters. The summed E-state index contributed by atoms with van der Waals surface area (Å²) in [4.78, 5) is 3.89. The van der Waals surface area contributed by atoms with Crippen molar-refractivity contribution in [1.29, 1.82) is 0 Å². The monoisotopic (exact) mass is 213 g/mol. The fourth-order valence-electron chi connectivity index (χ4n) is 0.808. The van der Waals surface area contributed by atoms with E-state index < -0.39 is 0 Å². The molecule has 2 heterocycles. The molecule has 0 saturated carbocycles. The van der Waals surface area contributed by atoms with E-state index in [1.54, 1.807) is 10.6 Å². The van der Waals surface area contributed by atoms with Crippen LogP contribution < -0.4 is 5.73 Å². The van der Waals surface area contributed by atoms with Crippen molar-refractivity contribution in [3.63, 3.8) is 0 Å². The Balaban J connectivity index is 2.96. The first-order valence-electron chi connectivity index (χ1n) is 2.89. The van der Waals surface area contributed by atoms with Gasteiger partial charge in [0.2, 0.25) is 5.95 Å². The van der Waals surface area contributed by atoms with Crippen molar-refractivity contribution in [2.45, 2.75) is 0 Å². The van der Waals surface area contributed by atoms with Crippen molar-refractivity contribution < 1.29 is 0 Å². The quantitative estimate of drug-likeness (QED) is 0.691. The predicted molar refractivity (Wildman–Crippen MR) is 42.9 cm³/mol. The number of hydrogen-bond acceptors (Lipinski definition) is 4. The molecule has 0 aliphatic carbocycles. The molecule has 11 heavy (non-hydrogen) atoms. The Bertz CT molecular complexity index is 359. The number of fused-ring (bicyclic) bond motifs is 1. The second-order valence-electron chi connectivity index (χ2n) is 1.99. The van der Waals surface area contributed by atoms with Gasteiger partial charge in [0.1, 0.15) is 6.33 Å². The third-order valence-corrected chi connectivity index (χ3v) is 1.88. The van der Waals surface area contributed by atoms with Crippen LogP contribution in [0.25, 0.3) is 5.65 Å². The minimum absolute atomic E-state index is 0.383. The van der Waals surface area contributed by atoms with Crippen LogP contribution >= 0.6 is 15.9 Å². The van der Waals surface area contributed by atoms with Crippen molar-refractivity contribution in [3.8, 4) is 0 Å². The van der Waals surface area contributed by atoms with Gasteiger partial charge in [-0.3, -0.25) is 4.40 Å². The molecular formula is C5H4BrN5.